The molecule has 7 rings (SSSR count). The van der Waals surface area contributed by atoms with Gasteiger partial charge in [0.15, 0.2) is 0 Å². The first kappa shape index (κ1) is 27.3. The Balaban J connectivity index is 1.49. The lowest BCUT2D eigenvalue weighted by Gasteiger charge is -2.50. The number of nitrogens with zero attached hydrogens (tertiary/aromatic N) is 1. The smallest absolute Gasteiger partial charge is 0.260 e. The summed E-state index contributed by atoms with van der Waals surface area (Å²) in [4.78, 5) is 55.2. The standard InChI is InChI=1S/C33H27ClFN3O5/c1-16-3-2-4-23(28(16)39)27-21-13-14-22-26(30(41)36-29(22)40)24(21)15-25-31(42)38(37-20-11-9-19(35)10-12-20)32(43)33(25,27)17-5-7-18(34)8-6-17/h2-13,22,24-27,37,39H,14-15H2,1H3,(H,36,40,41)/t22-,24+,25-,26-,27+,33+/m0/s1. The number of aryl methyl sites for hydroxylation is 1. The number of allylic oxidation sites excluding steroid dienone is 2. The van der Waals surface area contributed by atoms with E-state index < -0.39 is 58.5 Å². The fourth-order valence-corrected chi connectivity index (χ4v) is 7.95. The third-order valence-corrected chi connectivity index (χ3v) is 9.93. The zero-order valence-electron chi connectivity index (χ0n) is 23.0. The van der Waals surface area contributed by atoms with Crippen LogP contribution in [0.2, 0.25) is 5.02 Å². The van der Waals surface area contributed by atoms with Gasteiger partial charge < -0.3 is 5.11 Å². The van der Waals surface area contributed by atoms with Crippen LogP contribution in [0.25, 0.3) is 0 Å². The number of hydrogen-bond acceptors (Lipinski definition) is 6. The molecule has 4 amide bonds. The van der Waals surface area contributed by atoms with Crippen LogP contribution in [0.3, 0.4) is 0 Å². The molecule has 0 bridgehead atoms. The summed E-state index contributed by atoms with van der Waals surface area (Å²) < 4.78 is 13.7. The van der Waals surface area contributed by atoms with Crippen molar-refractivity contribution >= 4 is 40.9 Å². The zero-order valence-corrected chi connectivity index (χ0v) is 23.8. The molecule has 2 aliphatic carbocycles. The average Bonchev–Trinajstić information content (AvgIpc) is 3.40. The quantitative estimate of drug-likeness (QED) is 0.294. The van der Waals surface area contributed by atoms with Crippen LogP contribution in [-0.4, -0.2) is 33.7 Å². The molecule has 2 aliphatic heterocycles. The van der Waals surface area contributed by atoms with Gasteiger partial charge in [0.2, 0.25) is 11.8 Å². The summed E-state index contributed by atoms with van der Waals surface area (Å²) in [6, 6.07) is 17.3. The summed E-state index contributed by atoms with van der Waals surface area (Å²) >= 11 is 6.27. The fourth-order valence-electron chi connectivity index (χ4n) is 7.83. The van der Waals surface area contributed by atoms with Gasteiger partial charge in [-0.2, -0.15) is 5.01 Å². The molecular formula is C33H27ClFN3O5. The van der Waals surface area contributed by atoms with Crippen molar-refractivity contribution in [1.82, 2.24) is 10.3 Å². The van der Waals surface area contributed by atoms with Gasteiger partial charge in [-0.05, 0) is 73.2 Å². The third-order valence-electron chi connectivity index (χ3n) is 9.68. The maximum atomic E-state index is 14.9. The molecule has 218 valence electrons. The number of para-hydroxylation sites is 1. The molecule has 8 nitrogen and oxygen atoms in total. The Morgan fingerprint density at radius 1 is 0.977 bits per heavy atom. The van der Waals surface area contributed by atoms with Crippen LogP contribution in [-0.2, 0) is 24.6 Å². The molecule has 4 aliphatic rings. The van der Waals surface area contributed by atoms with Crippen molar-refractivity contribution in [2.75, 3.05) is 5.43 Å². The van der Waals surface area contributed by atoms with Crippen molar-refractivity contribution in [3.8, 4) is 5.75 Å². The van der Waals surface area contributed by atoms with Gasteiger partial charge in [-0.25, -0.2) is 4.39 Å². The number of amides is 4. The Kier molecular flexibility index (Phi) is 6.21. The Morgan fingerprint density at radius 2 is 1.70 bits per heavy atom. The first-order valence-electron chi connectivity index (χ1n) is 14.1. The monoisotopic (exact) mass is 599 g/mol. The Hall–Kier alpha value is -4.50. The van der Waals surface area contributed by atoms with Crippen molar-refractivity contribution in [1.29, 1.82) is 0 Å². The van der Waals surface area contributed by atoms with Crippen molar-refractivity contribution in [2.24, 2.45) is 23.7 Å². The van der Waals surface area contributed by atoms with Crippen LogP contribution in [0.5, 0.6) is 5.75 Å². The number of aromatic hydroxyl groups is 1. The highest BCUT2D eigenvalue weighted by Crippen LogP contribution is 2.64. The van der Waals surface area contributed by atoms with Gasteiger partial charge in [0.05, 0.1) is 28.9 Å². The molecular weight excluding hydrogens is 573 g/mol. The number of imide groups is 2. The van der Waals surface area contributed by atoms with Gasteiger partial charge in [0.1, 0.15) is 11.6 Å². The number of carbonyl (C=O) groups is 4. The summed E-state index contributed by atoms with van der Waals surface area (Å²) in [6.45, 7) is 1.75. The molecule has 6 atom stereocenters. The topological polar surface area (TPSA) is 116 Å². The first-order chi connectivity index (χ1) is 20.6. The van der Waals surface area contributed by atoms with Crippen molar-refractivity contribution in [3.05, 3.63) is 106 Å². The van der Waals surface area contributed by atoms with E-state index in [0.29, 0.717) is 27.4 Å². The van der Waals surface area contributed by atoms with Gasteiger partial charge in [-0.15, -0.1) is 0 Å². The lowest BCUT2D eigenvalue weighted by Crippen LogP contribution is -2.53. The summed E-state index contributed by atoms with van der Waals surface area (Å²) in [5.41, 5.74) is 4.00. The number of nitrogens with one attached hydrogen (secondary N) is 2. The largest absolute Gasteiger partial charge is 0.507 e. The minimum Gasteiger partial charge on any atom is -0.507 e. The van der Waals surface area contributed by atoms with Gasteiger partial charge in [-0.3, -0.25) is 29.9 Å². The number of anilines is 1. The summed E-state index contributed by atoms with van der Waals surface area (Å²) in [5.74, 6) is -5.91. The van der Waals surface area contributed by atoms with Crippen LogP contribution in [0.4, 0.5) is 10.1 Å². The highest BCUT2D eigenvalue weighted by molar-refractivity contribution is 6.30. The minimum atomic E-state index is -1.53. The molecule has 3 aromatic carbocycles. The lowest BCUT2D eigenvalue weighted by molar-refractivity contribution is -0.138. The van der Waals surface area contributed by atoms with Crippen LogP contribution in [0.1, 0.15) is 35.4 Å². The van der Waals surface area contributed by atoms with E-state index in [-0.39, 0.29) is 24.5 Å². The minimum absolute atomic E-state index is 0.0135. The number of rotatable bonds is 4. The normalized spacial score (nSPS) is 29.5. The second kappa shape index (κ2) is 9.77. The molecule has 0 spiro atoms. The number of hydrazine groups is 1. The van der Waals surface area contributed by atoms with Gasteiger partial charge in [-0.1, -0.05) is 53.6 Å². The van der Waals surface area contributed by atoms with Crippen LogP contribution < -0.4 is 10.7 Å². The SMILES string of the molecule is Cc1cccc([C@H]2C3=CC[C@@H]4C(=O)NC(=O)[C@@H]4[C@@H]3C[C@H]3C(=O)N(Nc4ccc(F)cc4)C(=O)[C@@]23c2ccc(Cl)cc2)c1O. The van der Waals surface area contributed by atoms with E-state index in [1.807, 2.05) is 6.08 Å². The summed E-state index contributed by atoms with van der Waals surface area (Å²) in [6.07, 6.45) is 2.34. The van der Waals surface area contributed by atoms with E-state index in [1.165, 1.54) is 24.3 Å². The predicted octanol–water partition coefficient (Wildman–Crippen LogP) is 4.77. The number of hydrogen-bond donors (Lipinski definition) is 3. The van der Waals surface area contributed by atoms with E-state index in [2.05, 4.69) is 10.7 Å². The van der Waals surface area contributed by atoms with Crippen molar-refractivity contribution in [3.63, 3.8) is 0 Å². The predicted molar refractivity (Wildman–Crippen MR) is 155 cm³/mol. The lowest BCUT2D eigenvalue weighted by atomic mass is 9.49. The van der Waals surface area contributed by atoms with Gasteiger partial charge in [0.25, 0.3) is 11.8 Å². The number of halogens is 2. The molecule has 3 fully saturated rings. The highest BCUT2D eigenvalue weighted by atomic mass is 35.5. The van der Waals surface area contributed by atoms with E-state index >= 15 is 0 Å². The molecule has 43 heavy (non-hydrogen) atoms. The number of phenols is 1. The molecule has 1 saturated carbocycles. The number of phenolic OH excluding ortho intramolecular Hbond substituents is 1. The molecule has 0 aromatic heterocycles. The van der Waals surface area contributed by atoms with Gasteiger partial charge >= 0.3 is 0 Å². The molecule has 3 aromatic rings. The Labute approximate surface area is 251 Å². The van der Waals surface area contributed by atoms with E-state index in [9.17, 15) is 28.7 Å². The molecule has 0 radical (unpaired) electrons. The molecule has 3 N–H and O–H groups in total. The van der Waals surface area contributed by atoms with Crippen molar-refractivity contribution < 1.29 is 28.7 Å². The second-order valence-electron chi connectivity index (χ2n) is 11.7. The van der Waals surface area contributed by atoms with Gasteiger partial charge in [0, 0.05) is 16.5 Å². The molecule has 10 heteroatoms. The van der Waals surface area contributed by atoms with Crippen LogP contribution in [0.15, 0.2) is 78.4 Å². The maximum Gasteiger partial charge on any atom is 0.260 e. The number of benzene rings is 3. The maximum absolute atomic E-state index is 14.9. The molecule has 2 saturated heterocycles. The van der Waals surface area contributed by atoms with E-state index in [0.717, 1.165) is 10.6 Å². The fraction of sp³-hybridized carbons (Fsp3) is 0.273. The Morgan fingerprint density at radius 3 is 2.42 bits per heavy atom. The first-order valence-corrected chi connectivity index (χ1v) is 14.5. The third kappa shape index (κ3) is 3.87. The van der Waals surface area contributed by atoms with E-state index in [4.69, 9.17) is 11.6 Å². The average molecular weight is 600 g/mol. The van der Waals surface area contributed by atoms with E-state index in [1.54, 1.807) is 49.4 Å². The van der Waals surface area contributed by atoms with Crippen LogP contribution >= 0.6 is 11.6 Å². The number of fused-ring (bicyclic) bond motifs is 4. The van der Waals surface area contributed by atoms with Crippen LogP contribution in [0, 0.1) is 36.4 Å². The molecule has 0 unspecified atom stereocenters. The summed E-state index contributed by atoms with van der Waals surface area (Å²) in [7, 11) is 0. The summed E-state index contributed by atoms with van der Waals surface area (Å²) in [5, 5.41) is 15.4. The van der Waals surface area contributed by atoms with Crippen molar-refractivity contribution in [2.45, 2.75) is 31.1 Å². The number of carbonyl (C=O) groups excluding carboxylic acids is 4. The highest BCUT2D eigenvalue weighted by Gasteiger charge is 2.70. The second-order valence-corrected chi connectivity index (χ2v) is 12.2. The zero-order chi connectivity index (χ0) is 30.2. The Bertz CT molecular complexity index is 1740. The molecule has 2 heterocycles.